The number of hydrogen-bond donors (Lipinski definition) is 0. The molecule has 1 aromatic carbocycles. The summed E-state index contributed by atoms with van der Waals surface area (Å²) in [6.45, 7) is 0. The van der Waals surface area contributed by atoms with Crippen molar-refractivity contribution < 1.29 is 13.2 Å². The molecule has 2 atom stereocenters. The van der Waals surface area contributed by atoms with Gasteiger partial charge in [0, 0.05) is 28.6 Å². The normalized spacial score (nSPS) is 28.1. The molecule has 1 aromatic rings. The van der Waals surface area contributed by atoms with Crippen LogP contribution in [0.15, 0.2) is 40.3 Å². The fraction of sp³-hybridized carbons (Fsp3) is 0.400. The maximum Gasteiger partial charge on any atom is 0.243 e. The summed E-state index contributed by atoms with van der Waals surface area (Å²) in [5.41, 5.74) is 1.63. The van der Waals surface area contributed by atoms with E-state index >= 15 is 0 Å². The third-order valence-corrected chi connectivity index (χ3v) is 6.75. The molecule has 4 nitrogen and oxygen atoms in total. The van der Waals surface area contributed by atoms with E-state index in [0.717, 1.165) is 6.42 Å². The average molecular weight is 360 g/mol. The second kappa shape index (κ2) is 5.96. The summed E-state index contributed by atoms with van der Waals surface area (Å²) in [6.07, 6.45) is 2.41. The van der Waals surface area contributed by atoms with E-state index in [4.69, 9.17) is 23.2 Å². The molecule has 22 heavy (non-hydrogen) atoms. The van der Waals surface area contributed by atoms with Crippen LogP contribution < -0.4 is 0 Å². The molecular weight excluding hydrogens is 345 g/mol. The van der Waals surface area contributed by atoms with Crippen LogP contribution in [0.4, 0.5) is 0 Å². The van der Waals surface area contributed by atoms with Crippen LogP contribution in [-0.4, -0.2) is 30.6 Å². The molecule has 2 aliphatic heterocycles. The molecule has 2 fully saturated rings. The van der Waals surface area contributed by atoms with Crippen molar-refractivity contribution in [3.8, 4) is 0 Å². The Labute approximate surface area is 139 Å². The van der Waals surface area contributed by atoms with Crippen LogP contribution in [0.1, 0.15) is 25.7 Å². The Morgan fingerprint density at radius 3 is 2.50 bits per heavy atom. The van der Waals surface area contributed by atoms with Gasteiger partial charge in [0.2, 0.25) is 10.0 Å². The van der Waals surface area contributed by atoms with Crippen molar-refractivity contribution in [3.63, 3.8) is 0 Å². The lowest BCUT2D eigenvalue weighted by atomic mass is 9.83. The fourth-order valence-corrected chi connectivity index (χ4v) is 5.53. The highest BCUT2D eigenvalue weighted by Crippen LogP contribution is 2.39. The molecule has 7 heteroatoms. The summed E-state index contributed by atoms with van der Waals surface area (Å²) in [6, 6.07) is 5.35. The van der Waals surface area contributed by atoms with Crippen molar-refractivity contribution >= 4 is 39.0 Å². The molecular formula is C15H15Cl2NO3S. The van der Waals surface area contributed by atoms with Gasteiger partial charge >= 0.3 is 0 Å². The topological polar surface area (TPSA) is 54.5 Å². The maximum absolute atomic E-state index is 13.0. The highest BCUT2D eigenvalue weighted by Gasteiger charge is 2.47. The molecule has 3 rings (SSSR count). The zero-order valence-electron chi connectivity index (χ0n) is 11.7. The molecule has 0 amide bonds. The molecule has 0 radical (unpaired) electrons. The van der Waals surface area contributed by atoms with E-state index in [1.165, 1.54) is 22.0 Å². The minimum atomic E-state index is -3.68. The zero-order valence-corrected chi connectivity index (χ0v) is 14.0. The number of fused-ring (bicyclic) bond motifs is 2. The highest BCUT2D eigenvalue weighted by atomic mass is 35.5. The Kier molecular flexibility index (Phi) is 4.34. The second-order valence-corrected chi connectivity index (χ2v) is 8.08. The number of ketones is 1. The summed E-state index contributed by atoms with van der Waals surface area (Å²) in [4.78, 5) is 12.3. The third-order valence-electron chi connectivity index (χ3n) is 4.29. The van der Waals surface area contributed by atoms with Crippen LogP contribution in [0.25, 0.3) is 0 Å². The molecule has 2 heterocycles. The van der Waals surface area contributed by atoms with Crippen molar-refractivity contribution in [2.45, 2.75) is 42.7 Å². The van der Waals surface area contributed by atoms with Gasteiger partial charge in [-0.1, -0.05) is 23.2 Å². The lowest BCUT2D eigenvalue weighted by Gasteiger charge is -2.45. The number of nitrogens with zero attached hydrogens (tertiary/aromatic N) is 1. The molecule has 0 aliphatic carbocycles. The number of benzene rings is 1. The van der Waals surface area contributed by atoms with Crippen molar-refractivity contribution in [1.29, 1.82) is 0 Å². The van der Waals surface area contributed by atoms with Crippen molar-refractivity contribution in [1.82, 2.24) is 4.31 Å². The van der Waals surface area contributed by atoms with E-state index in [0.29, 0.717) is 23.4 Å². The van der Waals surface area contributed by atoms with Gasteiger partial charge in [-0.3, -0.25) is 4.79 Å². The van der Waals surface area contributed by atoms with Crippen LogP contribution in [0.5, 0.6) is 0 Å². The SMILES string of the molecule is O=C1CC2CCCC(/C1=C/Cl)N2S(=O)(=O)c1ccc(Cl)cc1. The summed E-state index contributed by atoms with van der Waals surface area (Å²) in [5.74, 6) is -0.0488. The monoisotopic (exact) mass is 359 g/mol. The quantitative estimate of drug-likeness (QED) is 0.760. The van der Waals surface area contributed by atoms with E-state index in [-0.39, 0.29) is 23.1 Å². The minimum absolute atomic E-state index is 0.0488. The van der Waals surface area contributed by atoms with Gasteiger partial charge in [0.05, 0.1) is 10.9 Å². The molecule has 0 N–H and O–H groups in total. The number of Topliss-reactive ketones (excluding diaryl/α,β-unsaturated/α-hetero) is 1. The van der Waals surface area contributed by atoms with E-state index in [9.17, 15) is 13.2 Å². The Balaban J connectivity index is 2.05. The Bertz CT molecular complexity index is 728. The first kappa shape index (κ1) is 16.0. The van der Waals surface area contributed by atoms with Crippen molar-refractivity contribution in [2.75, 3.05) is 0 Å². The maximum atomic E-state index is 13.0. The summed E-state index contributed by atoms with van der Waals surface area (Å²) in [5, 5.41) is 0.481. The first-order chi connectivity index (χ1) is 10.4. The Morgan fingerprint density at radius 1 is 1.18 bits per heavy atom. The fourth-order valence-electron chi connectivity index (χ4n) is 3.28. The first-order valence-corrected chi connectivity index (χ1v) is 9.33. The molecule has 118 valence electrons. The highest BCUT2D eigenvalue weighted by molar-refractivity contribution is 7.89. The summed E-state index contributed by atoms with van der Waals surface area (Å²) >= 11 is 11.6. The number of carbonyl (C=O) groups excluding carboxylic acids is 1. The van der Waals surface area contributed by atoms with Crippen LogP contribution >= 0.6 is 23.2 Å². The van der Waals surface area contributed by atoms with E-state index < -0.39 is 16.1 Å². The van der Waals surface area contributed by atoms with Gasteiger partial charge in [-0.05, 0) is 43.5 Å². The number of rotatable bonds is 2. The lowest BCUT2D eigenvalue weighted by molar-refractivity contribution is -0.119. The third kappa shape index (κ3) is 2.60. The number of halogens is 2. The Morgan fingerprint density at radius 2 is 1.86 bits per heavy atom. The van der Waals surface area contributed by atoms with Crippen LogP contribution in [-0.2, 0) is 14.8 Å². The first-order valence-electron chi connectivity index (χ1n) is 7.07. The van der Waals surface area contributed by atoms with Gasteiger partial charge in [-0.2, -0.15) is 4.31 Å². The molecule has 0 spiro atoms. The number of carbonyl (C=O) groups is 1. The van der Waals surface area contributed by atoms with Gasteiger partial charge in [0.15, 0.2) is 5.78 Å². The van der Waals surface area contributed by atoms with Gasteiger partial charge in [-0.25, -0.2) is 8.42 Å². The summed E-state index contributed by atoms with van der Waals surface area (Å²) in [7, 11) is -3.68. The predicted molar refractivity (Wildman–Crippen MR) is 85.5 cm³/mol. The summed E-state index contributed by atoms with van der Waals surface area (Å²) < 4.78 is 27.4. The molecule has 0 aromatic heterocycles. The molecule has 2 saturated heterocycles. The standard InChI is InChI=1S/C15H15Cl2NO3S/c16-9-13-14-3-1-2-11(8-15(13)19)18(14)22(20,21)12-6-4-10(17)5-7-12/h4-7,9,11,14H,1-3,8H2/b13-9-. The van der Waals surface area contributed by atoms with Crippen LogP contribution in [0, 0.1) is 0 Å². The smallest absolute Gasteiger partial charge is 0.243 e. The van der Waals surface area contributed by atoms with Crippen LogP contribution in [0.2, 0.25) is 5.02 Å². The van der Waals surface area contributed by atoms with Gasteiger partial charge in [-0.15, -0.1) is 0 Å². The van der Waals surface area contributed by atoms with Crippen LogP contribution in [0.3, 0.4) is 0 Å². The Hall–Kier alpha value is -0.880. The predicted octanol–water partition coefficient (Wildman–Crippen LogP) is 3.35. The lowest BCUT2D eigenvalue weighted by Crippen LogP contribution is -2.55. The van der Waals surface area contributed by atoms with E-state index in [1.807, 2.05) is 0 Å². The van der Waals surface area contributed by atoms with E-state index in [2.05, 4.69) is 0 Å². The van der Waals surface area contributed by atoms with Crippen molar-refractivity contribution in [2.24, 2.45) is 0 Å². The average Bonchev–Trinajstić information content (AvgIpc) is 2.47. The van der Waals surface area contributed by atoms with Gasteiger partial charge < -0.3 is 0 Å². The van der Waals surface area contributed by atoms with Gasteiger partial charge in [0.1, 0.15) is 0 Å². The minimum Gasteiger partial charge on any atom is -0.294 e. The molecule has 2 unspecified atom stereocenters. The van der Waals surface area contributed by atoms with E-state index in [1.54, 1.807) is 12.1 Å². The van der Waals surface area contributed by atoms with Crippen molar-refractivity contribution in [3.05, 3.63) is 40.4 Å². The largest absolute Gasteiger partial charge is 0.294 e. The number of hydrogen-bond acceptors (Lipinski definition) is 3. The molecule has 0 saturated carbocycles. The van der Waals surface area contributed by atoms with Gasteiger partial charge in [0.25, 0.3) is 0 Å². The number of sulfonamides is 1. The molecule has 2 aliphatic rings. The molecule has 2 bridgehead atoms. The second-order valence-electron chi connectivity index (χ2n) is 5.58. The zero-order chi connectivity index (χ0) is 15.9. The number of piperidine rings is 2.